The zero-order valence-electron chi connectivity index (χ0n) is 21.6. The van der Waals surface area contributed by atoms with Gasteiger partial charge in [-0.05, 0) is 69.6 Å². The lowest BCUT2D eigenvalue weighted by Gasteiger charge is -2.35. The number of fused-ring (bicyclic) bond motifs is 1. The third-order valence-electron chi connectivity index (χ3n) is 7.82. The molecule has 2 aliphatic heterocycles. The maximum Gasteiger partial charge on any atom is 0.417 e. The molecule has 2 amide bonds. The second kappa shape index (κ2) is 10.5. The molecule has 0 N–H and O–H groups in total. The van der Waals surface area contributed by atoms with Gasteiger partial charge in [-0.1, -0.05) is 17.7 Å². The van der Waals surface area contributed by atoms with E-state index in [1.54, 1.807) is 14.5 Å². The Bertz CT molecular complexity index is 1210. The lowest BCUT2D eigenvalue weighted by molar-refractivity contribution is -0.137. The first kappa shape index (κ1) is 27.0. The molecule has 0 radical (unpaired) electrons. The van der Waals surface area contributed by atoms with Crippen LogP contribution in [-0.4, -0.2) is 69.8 Å². The monoisotopic (exact) mass is 552 g/mol. The predicted molar refractivity (Wildman–Crippen MR) is 135 cm³/mol. The van der Waals surface area contributed by atoms with E-state index in [2.05, 4.69) is 5.10 Å². The Morgan fingerprint density at radius 3 is 2.39 bits per heavy atom. The number of hydrogen-bond acceptors (Lipinski definition) is 4. The Morgan fingerprint density at radius 2 is 1.76 bits per heavy atom. The van der Waals surface area contributed by atoms with E-state index < -0.39 is 11.7 Å². The van der Waals surface area contributed by atoms with Crippen LogP contribution in [0.3, 0.4) is 0 Å². The van der Waals surface area contributed by atoms with Crippen molar-refractivity contribution in [3.8, 4) is 0 Å². The number of morpholine rings is 1. The van der Waals surface area contributed by atoms with Gasteiger partial charge in [0.2, 0.25) is 5.91 Å². The zero-order valence-corrected chi connectivity index (χ0v) is 22.3. The summed E-state index contributed by atoms with van der Waals surface area (Å²) in [7, 11) is 0. The average Bonchev–Trinajstić information content (AvgIpc) is 3.46. The Balaban J connectivity index is 1.23. The number of piperidine rings is 1. The third kappa shape index (κ3) is 5.43. The van der Waals surface area contributed by atoms with Gasteiger partial charge < -0.3 is 14.5 Å². The minimum absolute atomic E-state index is 0.0373. The van der Waals surface area contributed by atoms with Gasteiger partial charge in [0, 0.05) is 37.4 Å². The normalized spacial score (nSPS) is 22.6. The van der Waals surface area contributed by atoms with Crippen LogP contribution >= 0.6 is 11.6 Å². The Morgan fingerprint density at radius 1 is 1.08 bits per heavy atom. The van der Waals surface area contributed by atoms with E-state index in [1.165, 1.54) is 12.1 Å². The summed E-state index contributed by atoms with van der Waals surface area (Å²) in [5.74, 6) is -0.138. The first-order chi connectivity index (χ1) is 18.0. The predicted octanol–water partition coefficient (Wildman–Crippen LogP) is 4.70. The van der Waals surface area contributed by atoms with Crippen LogP contribution in [0.5, 0.6) is 0 Å². The first-order valence-corrected chi connectivity index (χ1v) is 13.6. The van der Waals surface area contributed by atoms with Gasteiger partial charge in [-0.2, -0.15) is 18.3 Å². The molecule has 3 aliphatic rings. The molecule has 0 spiro atoms. The van der Waals surface area contributed by atoms with E-state index in [0.717, 1.165) is 42.1 Å². The van der Waals surface area contributed by atoms with Gasteiger partial charge >= 0.3 is 6.18 Å². The number of likely N-dealkylation sites (tertiary alicyclic amines) is 1. The summed E-state index contributed by atoms with van der Waals surface area (Å²) >= 11 is 5.91. The van der Waals surface area contributed by atoms with Crippen molar-refractivity contribution in [2.45, 2.75) is 76.8 Å². The van der Waals surface area contributed by atoms with Crippen molar-refractivity contribution in [2.75, 3.05) is 26.2 Å². The number of carbonyl (C=O) groups is 2. The van der Waals surface area contributed by atoms with Crippen LogP contribution < -0.4 is 0 Å². The molecule has 2 aromatic rings. The number of hydrogen-bond donors (Lipinski definition) is 0. The molecule has 0 unspecified atom stereocenters. The number of nitrogens with zero attached hydrogens (tertiary/aromatic N) is 4. The summed E-state index contributed by atoms with van der Waals surface area (Å²) < 4.78 is 46.6. The SMILES string of the molecule is C[C@@H]1CN(C(=O)c2nn(CC(=O)N3CCC(c4ccc(C(F)(F)F)c(Cl)c4)CC3)c3c2CCC3)C[C@H](C)O1. The Hall–Kier alpha value is -2.59. The van der Waals surface area contributed by atoms with E-state index in [1.807, 2.05) is 13.8 Å². The summed E-state index contributed by atoms with van der Waals surface area (Å²) in [4.78, 5) is 30.1. The molecule has 3 heterocycles. The van der Waals surface area contributed by atoms with Gasteiger partial charge in [-0.25, -0.2) is 0 Å². The molecule has 0 bridgehead atoms. The highest BCUT2D eigenvalue weighted by Gasteiger charge is 2.35. The summed E-state index contributed by atoms with van der Waals surface area (Å²) in [6.45, 7) is 6.01. The van der Waals surface area contributed by atoms with Crippen molar-refractivity contribution in [1.82, 2.24) is 19.6 Å². The van der Waals surface area contributed by atoms with Crippen molar-refractivity contribution in [2.24, 2.45) is 0 Å². The highest BCUT2D eigenvalue weighted by molar-refractivity contribution is 6.31. The molecule has 2 atom stereocenters. The second-order valence-electron chi connectivity index (χ2n) is 10.6. The van der Waals surface area contributed by atoms with E-state index >= 15 is 0 Å². The second-order valence-corrected chi connectivity index (χ2v) is 11.1. The molecule has 0 saturated carbocycles. The lowest BCUT2D eigenvalue weighted by atomic mass is 9.89. The maximum atomic E-state index is 13.3. The van der Waals surface area contributed by atoms with Gasteiger partial charge in [0.15, 0.2) is 5.69 Å². The molecule has 1 aliphatic carbocycles. The number of carbonyl (C=O) groups excluding carboxylic acids is 2. The van der Waals surface area contributed by atoms with E-state index in [9.17, 15) is 22.8 Å². The van der Waals surface area contributed by atoms with E-state index in [4.69, 9.17) is 16.3 Å². The third-order valence-corrected chi connectivity index (χ3v) is 8.13. The summed E-state index contributed by atoms with van der Waals surface area (Å²) in [5, 5.41) is 4.32. The van der Waals surface area contributed by atoms with Crippen molar-refractivity contribution in [3.63, 3.8) is 0 Å². The number of rotatable bonds is 4. The number of alkyl halides is 3. The van der Waals surface area contributed by atoms with E-state index in [-0.39, 0.29) is 41.5 Å². The number of halogens is 4. The maximum absolute atomic E-state index is 13.3. The fourth-order valence-electron chi connectivity index (χ4n) is 6.01. The highest BCUT2D eigenvalue weighted by Crippen LogP contribution is 2.38. The highest BCUT2D eigenvalue weighted by atomic mass is 35.5. The van der Waals surface area contributed by atoms with Crippen LogP contribution in [0, 0.1) is 0 Å². The fourth-order valence-corrected chi connectivity index (χ4v) is 6.31. The molecular weight excluding hydrogens is 521 g/mol. The summed E-state index contributed by atoms with van der Waals surface area (Å²) in [6, 6.07) is 3.91. The van der Waals surface area contributed by atoms with Gasteiger partial charge in [0.25, 0.3) is 5.91 Å². The van der Waals surface area contributed by atoms with E-state index in [0.29, 0.717) is 44.7 Å². The van der Waals surface area contributed by atoms with Gasteiger partial charge in [0.05, 0.1) is 22.8 Å². The van der Waals surface area contributed by atoms with Crippen molar-refractivity contribution in [1.29, 1.82) is 0 Å². The van der Waals surface area contributed by atoms with Crippen molar-refractivity contribution >= 4 is 23.4 Å². The molecule has 1 aromatic heterocycles. The molecule has 1 aromatic carbocycles. The molecular formula is C27H32ClF3N4O3. The number of benzene rings is 1. The van der Waals surface area contributed by atoms with Gasteiger partial charge in [-0.3, -0.25) is 14.3 Å². The summed E-state index contributed by atoms with van der Waals surface area (Å²) in [6.07, 6.45) is -0.789. The fraction of sp³-hybridized carbons (Fsp3) is 0.593. The number of aromatic nitrogens is 2. The lowest BCUT2D eigenvalue weighted by Crippen LogP contribution is -2.48. The van der Waals surface area contributed by atoms with Crippen LogP contribution in [0.4, 0.5) is 13.2 Å². The molecule has 2 saturated heterocycles. The van der Waals surface area contributed by atoms with Crippen LogP contribution in [0.25, 0.3) is 0 Å². The van der Waals surface area contributed by atoms with Crippen LogP contribution in [0.2, 0.25) is 5.02 Å². The van der Waals surface area contributed by atoms with Crippen LogP contribution in [0.1, 0.15) is 71.9 Å². The van der Waals surface area contributed by atoms with Crippen LogP contribution in [-0.2, 0) is 35.1 Å². The first-order valence-electron chi connectivity index (χ1n) is 13.2. The Labute approximate surface area is 224 Å². The minimum Gasteiger partial charge on any atom is -0.372 e. The van der Waals surface area contributed by atoms with Crippen LogP contribution in [0.15, 0.2) is 18.2 Å². The number of ether oxygens (including phenoxy) is 1. The number of amides is 2. The molecule has 2 fully saturated rings. The Kier molecular flexibility index (Phi) is 7.48. The largest absolute Gasteiger partial charge is 0.417 e. The summed E-state index contributed by atoms with van der Waals surface area (Å²) in [5.41, 5.74) is 2.29. The smallest absolute Gasteiger partial charge is 0.372 e. The van der Waals surface area contributed by atoms with Crippen molar-refractivity contribution in [3.05, 3.63) is 51.3 Å². The molecule has 5 rings (SSSR count). The van der Waals surface area contributed by atoms with Gasteiger partial charge in [-0.15, -0.1) is 0 Å². The minimum atomic E-state index is -4.48. The standard InChI is InChI=1S/C27H32ClF3N4O3/c1-16-13-34(14-17(2)38-16)26(37)25-20-4-3-5-23(20)35(32-25)15-24(36)33-10-8-18(9-11-33)19-6-7-21(22(28)12-19)27(29,30)31/h6-7,12,16-18H,3-5,8-11,13-15H2,1-2H3/t16-,17+. The molecule has 38 heavy (non-hydrogen) atoms. The zero-order chi connectivity index (χ0) is 27.2. The topological polar surface area (TPSA) is 67.7 Å². The van der Waals surface area contributed by atoms with Gasteiger partial charge in [0.1, 0.15) is 6.54 Å². The molecule has 11 heteroatoms. The molecule has 7 nitrogen and oxygen atoms in total. The average molecular weight is 553 g/mol. The molecule has 206 valence electrons. The van der Waals surface area contributed by atoms with Crippen molar-refractivity contribution < 1.29 is 27.5 Å². The quantitative estimate of drug-likeness (QED) is 0.551.